The van der Waals surface area contributed by atoms with Crippen LogP contribution < -0.4 is 5.14 Å². The van der Waals surface area contributed by atoms with Crippen LogP contribution in [-0.4, -0.2) is 28.2 Å². The molecule has 1 unspecified atom stereocenters. The van der Waals surface area contributed by atoms with Crippen LogP contribution in [0.25, 0.3) is 0 Å². The van der Waals surface area contributed by atoms with Gasteiger partial charge in [-0.15, -0.1) is 0 Å². The second kappa shape index (κ2) is 6.60. The lowest BCUT2D eigenvalue weighted by Crippen LogP contribution is -2.30. The number of hydrogen-bond donors (Lipinski definition) is 1. The summed E-state index contributed by atoms with van der Waals surface area (Å²) < 4.78 is 62.5. The Balaban J connectivity index is 2.36. The van der Waals surface area contributed by atoms with Gasteiger partial charge in [0.05, 0.1) is 4.90 Å². The first kappa shape index (κ1) is 18.5. The minimum atomic E-state index is -4.04. The molecule has 2 N–H and O–H groups in total. The Morgan fingerprint density at radius 2 is 1.54 bits per heavy atom. The molecule has 2 aromatic carbocycles. The van der Waals surface area contributed by atoms with E-state index in [4.69, 9.17) is 5.14 Å². The first-order valence-electron chi connectivity index (χ1n) is 6.90. The highest BCUT2D eigenvalue weighted by Gasteiger charge is 2.28. The van der Waals surface area contributed by atoms with E-state index in [0.29, 0.717) is 5.56 Å². The van der Waals surface area contributed by atoms with E-state index in [1.165, 1.54) is 49.5 Å². The van der Waals surface area contributed by atoms with Gasteiger partial charge in [0.15, 0.2) is 0 Å². The molecular weight excluding hydrogens is 355 g/mol. The van der Waals surface area contributed by atoms with E-state index in [0.717, 1.165) is 10.4 Å². The maximum absolute atomic E-state index is 13.8. The number of sulfonamides is 2. The van der Waals surface area contributed by atoms with Gasteiger partial charge < -0.3 is 0 Å². The molecule has 0 amide bonds. The highest BCUT2D eigenvalue weighted by atomic mass is 32.2. The fourth-order valence-electron chi connectivity index (χ4n) is 2.16. The molecule has 2 rings (SSSR count). The van der Waals surface area contributed by atoms with Crippen LogP contribution in [-0.2, 0) is 20.0 Å². The predicted octanol–water partition coefficient (Wildman–Crippen LogP) is 1.85. The molecule has 1 atom stereocenters. The third kappa shape index (κ3) is 3.64. The van der Waals surface area contributed by atoms with E-state index < -0.39 is 36.8 Å². The minimum absolute atomic E-state index is 0.0712. The smallest absolute Gasteiger partial charge is 0.225 e. The maximum atomic E-state index is 13.8. The van der Waals surface area contributed by atoms with Gasteiger partial charge in [0.2, 0.25) is 20.0 Å². The van der Waals surface area contributed by atoms with Crippen molar-refractivity contribution in [3.63, 3.8) is 0 Å². The summed E-state index contributed by atoms with van der Waals surface area (Å²) in [5.74, 6) is -0.832. The highest BCUT2D eigenvalue weighted by molar-refractivity contribution is 7.89. The summed E-state index contributed by atoms with van der Waals surface area (Å²) in [7, 11) is -6.53. The van der Waals surface area contributed by atoms with Crippen LogP contribution in [0.1, 0.15) is 18.5 Å². The van der Waals surface area contributed by atoms with Gasteiger partial charge in [-0.25, -0.2) is 26.4 Å². The first-order chi connectivity index (χ1) is 11.0. The van der Waals surface area contributed by atoms with Crippen molar-refractivity contribution in [1.82, 2.24) is 4.31 Å². The van der Waals surface area contributed by atoms with E-state index in [-0.39, 0.29) is 4.90 Å². The maximum Gasteiger partial charge on any atom is 0.246 e. The first-order valence-corrected chi connectivity index (χ1v) is 9.89. The van der Waals surface area contributed by atoms with Gasteiger partial charge in [-0.05, 0) is 36.8 Å². The fraction of sp³-hybridized carbons (Fsp3) is 0.200. The van der Waals surface area contributed by atoms with Crippen LogP contribution in [0.4, 0.5) is 4.39 Å². The largest absolute Gasteiger partial charge is 0.246 e. The van der Waals surface area contributed by atoms with Gasteiger partial charge >= 0.3 is 0 Å². The quantitative estimate of drug-likeness (QED) is 0.866. The van der Waals surface area contributed by atoms with Gasteiger partial charge in [0, 0.05) is 13.1 Å². The summed E-state index contributed by atoms with van der Waals surface area (Å²) in [6.45, 7) is 1.62. The van der Waals surface area contributed by atoms with E-state index >= 15 is 0 Å². The SMILES string of the molecule is CC(c1ccc(S(N)(=O)=O)cc1)N(C)S(=O)(=O)c1ccccc1F. The summed E-state index contributed by atoms with van der Waals surface area (Å²) in [6, 6.07) is 10.0. The molecule has 0 aliphatic carbocycles. The predicted molar refractivity (Wildman–Crippen MR) is 87.6 cm³/mol. The van der Waals surface area contributed by atoms with Crippen LogP contribution in [0, 0.1) is 5.82 Å². The molecule has 0 aliphatic rings. The Hall–Kier alpha value is -1.81. The third-order valence-corrected chi connectivity index (χ3v) is 6.62. The van der Waals surface area contributed by atoms with E-state index in [1.54, 1.807) is 6.92 Å². The van der Waals surface area contributed by atoms with Crippen molar-refractivity contribution in [3.05, 3.63) is 59.9 Å². The van der Waals surface area contributed by atoms with Gasteiger partial charge in [-0.2, -0.15) is 4.31 Å². The molecule has 24 heavy (non-hydrogen) atoms. The summed E-state index contributed by atoms with van der Waals surface area (Å²) in [4.78, 5) is -0.487. The molecule has 0 saturated heterocycles. The Morgan fingerprint density at radius 1 is 1.00 bits per heavy atom. The lowest BCUT2D eigenvalue weighted by atomic mass is 10.1. The van der Waals surface area contributed by atoms with Gasteiger partial charge in [0.1, 0.15) is 10.7 Å². The zero-order chi connectivity index (χ0) is 18.1. The molecule has 0 radical (unpaired) electrons. The zero-order valence-corrected chi connectivity index (χ0v) is 14.7. The number of nitrogens with zero attached hydrogens (tertiary/aromatic N) is 1. The molecule has 130 valence electrons. The average Bonchev–Trinajstić information content (AvgIpc) is 2.53. The summed E-state index contributed by atoms with van der Waals surface area (Å²) in [6.07, 6.45) is 0. The number of halogens is 1. The van der Waals surface area contributed by atoms with Crippen molar-refractivity contribution in [2.75, 3.05) is 7.05 Å². The van der Waals surface area contributed by atoms with Crippen LogP contribution in [0.5, 0.6) is 0 Å². The molecule has 0 aromatic heterocycles. The molecule has 2 aromatic rings. The second-order valence-electron chi connectivity index (χ2n) is 5.24. The Bertz CT molecular complexity index is 942. The summed E-state index contributed by atoms with van der Waals surface area (Å²) >= 11 is 0. The van der Waals surface area contributed by atoms with Crippen LogP contribution in [0.3, 0.4) is 0 Å². The van der Waals surface area contributed by atoms with Crippen molar-refractivity contribution in [3.8, 4) is 0 Å². The molecule has 0 bridgehead atoms. The van der Waals surface area contributed by atoms with E-state index in [2.05, 4.69) is 0 Å². The Kier molecular flexibility index (Phi) is 5.09. The molecule has 6 nitrogen and oxygen atoms in total. The second-order valence-corrected chi connectivity index (χ2v) is 8.77. The van der Waals surface area contributed by atoms with Crippen LogP contribution in [0.2, 0.25) is 0 Å². The summed E-state index contributed by atoms with van der Waals surface area (Å²) in [5.41, 5.74) is 0.546. The fourth-order valence-corrected chi connectivity index (χ4v) is 4.09. The van der Waals surface area contributed by atoms with Crippen LogP contribution in [0.15, 0.2) is 58.3 Å². The molecule has 0 spiro atoms. The number of primary sulfonamides is 1. The number of rotatable bonds is 5. The topological polar surface area (TPSA) is 97.5 Å². The van der Waals surface area contributed by atoms with Crippen molar-refractivity contribution in [2.45, 2.75) is 22.8 Å². The molecular formula is C15H17FN2O4S2. The molecule has 0 saturated carbocycles. The summed E-state index contributed by atoms with van der Waals surface area (Å²) in [5, 5.41) is 5.03. The molecule has 0 aliphatic heterocycles. The molecule has 0 fully saturated rings. The number of hydrogen-bond acceptors (Lipinski definition) is 4. The Labute approximate surface area is 140 Å². The van der Waals surface area contributed by atoms with Crippen LogP contribution >= 0.6 is 0 Å². The van der Waals surface area contributed by atoms with Crippen molar-refractivity contribution < 1.29 is 21.2 Å². The number of nitrogens with two attached hydrogens (primary N) is 1. The monoisotopic (exact) mass is 372 g/mol. The van der Waals surface area contributed by atoms with Gasteiger partial charge in [0.25, 0.3) is 0 Å². The highest BCUT2D eigenvalue weighted by Crippen LogP contribution is 2.27. The zero-order valence-electron chi connectivity index (χ0n) is 13.0. The van der Waals surface area contributed by atoms with Crippen molar-refractivity contribution in [1.29, 1.82) is 0 Å². The van der Waals surface area contributed by atoms with Crippen molar-refractivity contribution >= 4 is 20.0 Å². The van der Waals surface area contributed by atoms with Gasteiger partial charge in [-0.1, -0.05) is 24.3 Å². The van der Waals surface area contributed by atoms with Crippen molar-refractivity contribution in [2.24, 2.45) is 5.14 Å². The number of benzene rings is 2. The normalized spacial score (nSPS) is 13.9. The lowest BCUT2D eigenvalue weighted by molar-refractivity contribution is 0.395. The standard InChI is InChI=1S/C15H17FN2O4S2/c1-11(12-7-9-13(10-8-12)23(17,19)20)18(2)24(21,22)15-6-4-3-5-14(15)16/h3-11H,1-2H3,(H2,17,19,20). The third-order valence-electron chi connectivity index (χ3n) is 3.73. The minimum Gasteiger partial charge on any atom is -0.225 e. The average molecular weight is 372 g/mol. The molecule has 9 heteroatoms. The Morgan fingerprint density at radius 3 is 2.04 bits per heavy atom. The van der Waals surface area contributed by atoms with E-state index in [1.807, 2.05) is 0 Å². The molecule has 0 heterocycles. The van der Waals surface area contributed by atoms with E-state index in [9.17, 15) is 21.2 Å². The van der Waals surface area contributed by atoms with Gasteiger partial charge in [-0.3, -0.25) is 0 Å². The lowest BCUT2D eigenvalue weighted by Gasteiger charge is -2.25.